The van der Waals surface area contributed by atoms with E-state index in [0.717, 1.165) is 0 Å². The molecule has 0 aliphatic rings. The molecule has 0 aromatic heterocycles. The lowest BCUT2D eigenvalue weighted by Gasteiger charge is -2.10. The Morgan fingerprint density at radius 3 is 2.30 bits per heavy atom. The summed E-state index contributed by atoms with van der Waals surface area (Å²) in [5.41, 5.74) is 0. The summed E-state index contributed by atoms with van der Waals surface area (Å²) >= 11 is 17.4. The maximum absolute atomic E-state index is 12.1. The van der Waals surface area contributed by atoms with Crippen LogP contribution in [0.2, 0.25) is 15.1 Å². The number of aliphatic hydroxyl groups excluding tert-OH is 1. The summed E-state index contributed by atoms with van der Waals surface area (Å²) in [6.45, 7) is 0.664. The summed E-state index contributed by atoms with van der Waals surface area (Å²) in [6.07, 6.45) is 0.460. The maximum atomic E-state index is 12.1. The minimum atomic E-state index is -3.81. The van der Waals surface area contributed by atoms with E-state index < -0.39 is 10.0 Å². The highest BCUT2D eigenvalue weighted by molar-refractivity contribution is 7.89. The Balaban J connectivity index is 2.66. The van der Waals surface area contributed by atoms with Gasteiger partial charge in [-0.2, -0.15) is 0 Å². The Hall–Kier alpha value is -0.0800. The van der Waals surface area contributed by atoms with E-state index in [2.05, 4.69) is 4.72 Å². The van der Waals surface area contributed by atoms with E-state index in [1.54, 1.807) is 0 Å². The first-order valence-electron chi connectivity index (χ1n) is 5.71. The third-order valence-corrected chi connectivity index (χ3v) is 4.82. The number of sulfonamides is 1. The smallest absolute Gasteiger partial charge is 0.243 e. The fourth-order valence-electron chi connectivity index (χ4n) is 1.41. The molecule has 0 aliphatic heterocycles. The van der Waals surface area contributed by atoms with E-state index in [1.807, 2.05) is 0 Å². The lowest BCUT2D eigenvalue weighted by atomic mass is 10.4. The van der Waals surface area contributed by atoms with Crippen molar-refractivity contribution < 1.29 is 18.3 Å². The van der Waals surface area contributed by atoms with Gasteiger partial charge in [0.25, 0.3) is 0 Å². The monoisotopic (exact) mass is 361 g/mol. The molecule has 0 fully saturated rings. The van der Waals surface area contributed by atoms with Crippen molar-refractivity contribution in [3.05, 3.63) is 27.2 Å². The molecule has 2 N–H and O–H groups in total. The topological polar surface area (TPSA) is 75.6 Å². The van der Waals surface area contributed by atoms with Gasteiger partial charge in [0.2, 0.25) is 10.0 Å². The van der Waals surface area contributed by atoms with Crippen LogP contribution in [0, 0.1) is 0 Å². The lowest BCUT2D eigenvalue weighted by molar-refractivity contribution is 0.0913. The summed E-state index contributed by atoms with van der Waals surface area (Å²) in [4.78, 5) is -0.193. The van der Waals surface area contributed by atoms with Crippen LogP contribution in [0.5, 0.6) is 0 Å². The summed E-state index contributed by atoms with van der Waals surface area (Å²) in [7, 11) is -3.81. The van der Waals surface area contributed by atoms with Gasteiger partial charge in [0.15, 0.2) is 0 Å². The zero-order valence-corrected chi connectivity index (χ0v) is 13.5. The predicted molar refractivity (Wildman–Crippen MR) is 79.2 cm³/mol. The van der Waals surface area contributed by atoms with Crippen LogP contribution in [0.15, 0.2) is 17.0 Å². The Bertz CT molecular complexity index is 528. The first kappa shape index (κ1) is 18.0. The van der Waals surface area contributed by atoms with Gasteiger partial charge in [0, 0.05) is 18.2 Å². The van der Waals surface area contributed by atoms with E-state index in [1.165, 1.54) is 12.1 Å². The molecule has 0 bridgehead atoms. The maximum Gasteiger partial charge on any atom is 0.243 e. The number of nitrogens with one attached hydrogen (secondary N) is 1. The zero-order valence-electron chi connectivity index (χ0n) is 10.4. The Labute approximate surface area is 132 Å². The van der Waals surface area contributed by atoms with Crippen molar-refractivity contribution in [2.45, 2.75) is 11.3 Å². The molecular weight excluding hydrogens is 349 g/mol. The zero-order chi connectivity index (χ0) is 15.2. The second kappa shape index (κ2) is 8.38. The fraction of sp³-hybridized carbons (Fsp3) is 0.455. The average Bonchev–Trinajstić information content (AvgIpc) is 2.31. The number of hydrogen-bond acceptors (Lipinski definition) is 4. The third kappa shape index (κ3) is 5.37. The van der Waals surface area contributed by atoms with Crippen molar-refractivity contribution in [2.24, 2.45) is 0 Å². The number of ether oxygens (including phenoxy) is 1. The van der Waals surface area contributed by atoms with Crippen LogP contribution in [-0.2, 0) is 14.8 Å². The van der Waals surface area contributed by atoms with Gasteiger partial charge in [-0.1, -0.05) is 34.8 Å². The molecule has 0 saturated heterocycles. The fourth-order valence-corrected chi connectivity index (χ4v) is 4.02. The molecule has 1 aromatic carbocycles. The second-order valence-corrected chi connectivity index (χ2v) is 6.74. The number of rotatable bonds is 8. The van der Waals surface area contributed by atoms with Gasteiger partial charge in [0.1, 0.15) is 4.90 Å². The van der Waals surface area contributed by atoms with Crippen molar-refractivity contribution >= 4 is 44.8 Å². The molecule has 9 heteroatoms. The highest BCUT2D eigenvalue weighted by Crippen LogP contribution is 2.32. The molecule has 0 heterocycles. The van der Waals surface area contributed by atoms with Crippen LogP contribution >= 0.6 is 34.8 Å². The quantitative estimate of drug-likeness (QED) is 0.696. The molecule has 0 atom stereocenters. The molecule has 114 valence electrons. The van der Waals surface area contributed by atoms with Crippen molar-refractivity contribution in [1.82, 2.24) is 4.72 Å². The summed E-state index contributed by atoms with van der Waals surface area (Å²) in [5.74, 6) is 0. The molecule has 0 radical (unpaired) electrons. The molecule has 0 spiro atoms. The van der Waals surface area contributed by atoms with Crippen LogP contribution in [0.1, 0.15) is 6.42 Å². The van der Waals surface area contributed by atoms with Crippen LogP contribution in [0.25, 0.3) is 0 Å². The third-order valence-electron chi connectivity index (χ3n) is 2.22. The second-order valence-electron chi connectivity index (χ2n) is 3.79. The van der Waals surface area contributed by atoms with Gasteiger partial charge in [0.05, 0.1) is 23.3 Å². The Morgan fingerprint density at radius 2 is 1.75 bits per heavy atom. The minimum Gasteiger partial charge on any atom is -0.394 e. The van der Waals surface area contributed by atoms with Crippen molar-refractivity contribution in [3.63, 3.8) is 0 Å². The van der Waals surface area contributed by atoms with E-state index in [-0.39, 0.29) is 39.7 Å². The molecule has 20 heavy (non-hydrogen) atoms. The van der Waals surface area contributed by atoms with Crippen molar-refractivity contribution in [3.8, 4) is 0 Å². The highest BCUT2D eigenvalue weighted by atomic mass is 35.5. The predicted octanol–water partition coefficient (Wildman–Crippen LogP) is 2.32. The normalized spacial score (nSPS) is 11.8. The summed E-state index contributed by atoms with van der Waals surface area (Å²) in [5, 5.41) is 8.70. The van der Waals surface area contributed by atoms with E-state index in [9.17, 15) is 8.42 Å². The van der Waals surface area contributed by atoms with Crippen LogP contribution in [0.3, 0.4) is 0 Å². The minimum absolute atomic E-state index is 0.0356. The molecule has 0 unspecified atom stereocenters. The first-order chi connectivity index (χ1) is 9.38. The number of hydrogen-bond donors (Lipinski definition) is 2. The molecular formula is C11H14Cl3NO4S. The summed E-state index contributed by atoms with van der Waals surface area (Å²) < 4.78 is 31.5. The number of aliphatic hydroxyl groups is 1. The first-order valence-corrected chi connectivity index (χ1v) is 8.33. The largest absolute Gasteiger partial charge is 0.394 e. The van der Waals surface area contributed by atoms with Gasteiger partial charge in [-0.15, -0.1) is 0 Å². The highest BCUT2D eigenvalue weighted by Gasteiger charge is 2.21. The number of benzene rings is 1. The van der Waals surface area contributed by atoms with E-state index >= 15 is 0 Å². The van der Waals surface area contributed by atoms with Crippen molar-refractivity contribution in [1.29, 1.82) is 0 Å². The van der Waals surface area contributed by atoms with E-state index in [0.29, 0.717) is 13.0 Å². The lowest BCUT2D eigenvalue weighted by Crippen LogP contribution is -2.26. The van der Waals surface area contributed by atoms with E-state index in [4.69, 9.17) is 44.6 Å². The van der Waals surface area contributed by atoms with Gasteiger partial charge < -0.3 is 9.84 Å². The standard InChI is InChI=1S/C11H14Cl3NO4S/c12-8-6-9(13)11(10(14)7-8)20(17,18)15-2-1-4-19-5-3-16/h6-7,15-16H,1-5H2. The van der Waals surface area contributed by atoms with Gasteiger partial charge in [-0.05, 0) is 18.6 Å². The average molecular weight is 363 g/mol. The van der Waals surface area contributed by atoms with Crippen LogP contribution in [0.4, 0.5) is 0 Å². The number of halogens is 3. The van der Waals surface area contributed by atoms with Crippen molar-refractivity contribution in [2.75, 3.05) is 26.4 Å². The van der Waals surface area contributed by atoms with Gasteiger partial charge in [-0.3, -0.25) is 0 Å². The SMILES string of the molecule is O=S(=O)(NCCCOCCO)c1c(Cl)cc(Cl)cc1Cl. The Morgan fingerprint density at radius 1 is 1.15 bits per heavy atom. The molecule has 0 aliphatic carbocycles. The molecule has 0 amide bonds. The molecule has 1 aromatic rings. The Kier molecular flexibility index (Phi) is 7.53. The molecule has 5 nitrogen and oxygen atoms in total. The van der Waals surface area contributed by atoms with Crippen LogP contribution < -0.4 is 4.72 Å². The molecule has 1 rings (SSSR count). The van der Waals surface area contributed by atoms with Gasteiger partial charge >= 0.3 is 0 Å². The van der Waals surface area contributed by atoms with Gasteiger partial charge in [-0.25, -0.2) is 13.1 Å². The summed E-state index contributed by atoms with van der Waals surface area (Å²) in [6, 6.07) is 2.63. The van der Waals surface area contributed by atoms with Crippen LogP contribution in [-0.4, -0.2) is 39.9 Å². The molecule has 0 saturated carbocycles.